The second-order valence-corrected chi connectivity index (χ2v) is 4.91. The molecule has 0 amide bonds. The van der Waals surface area contributed by atoms with Gasteiger partial charge < -0.3 is 9.84 Å². The number of fused-ring (bicyclic) bond motifs is 1. The summed E-state index contributed by atoms with van der Waals surface area (Å²) in [5.41, 5.74) is 0.872. The van der Waals surface area contributed by atoms with Crippen molar-refractivity contribution < 1.29 is 14.6 Å². The molecule has 14 heavy (non-hydrogen) atoms. The van der Waals surface area contributed by atoms with Crippen molar-refractivity contribution in [3.05, 3.63) is 21.9 Å². The lowest BCUT2D eigenvalue weighted by Crippen LogP contribution is -1.96. The summed E-state index contributed by atoms with van der Waals surface area (Å²) in [5.74, 6) is -0.317. The Balaban J connectivity index is 2.52. The number of hydrogen-bond donors (Lipinski definition) is 1. The largest absolute Gasteiger partial charge is 0.465 e. The first kappa shape index (κ1) is 9.64. The Hall–Kier alpha value is -0.910. The summed E-state index contributed by atoms with van der Waals surface area (Å²) in [6, 6.07) is 1.77. The maximum absolute atomic E-state index is 11.2. The van der Waals surface area contributed by atoms with E-state index in [1.54, 1.807) is 6.07 Å². The highest BCUT2D eigenvalue weighted by Crippen LogP contribution is 2.34. The molecule has 0 fully saturated rings. The summed E-state index contributed by atoms with van der Waals surface area (Å²) >= 11 is 2.94. The first-order chi connectivity index (χ1) is 6.76. The van der Waals surface area contributed by atoms with Gasteiger partial charge in [-0.05, 0) is 17.0 Å². The summed E-state index contributed by atoms with van der Waals surface area (Å²) in [5, 5.41) is 11.9. The van der Waals surface area contributed by atoms with E-state index in [1.807, 2.05) is 5.38 Å². The lowest BCUT2D eigenvalue weighted by atomic mass is 10.2. The Morgan fingerprint density at radius 1 is 1.64 bits per heavy atom. The van der Waals surface area contributed by atoms with Crippen LogP contribution >= 0.6 is 22.7 Å². The molecule has 0 spiro atoms. The molecular formula is C9H8O3S2. The fourth-order valence-electron chi connectivity index (χ4n) is 1.20. The highest BCUT2D eigenvalue weighted by Gasteiger charge is 2.13. The molecule has 2 aromatic rings. The molecule has 2 heterocycles. The number of methoxy groups -OCH3 is 1. The van der Waals surface area contributed by atoms with Crippen molar-refractivity contribution in [1.82, 2.24) is 0 Å². The van der Waals surface area contributed by atoms with E-state index in [9.17, 15) is 4.79 Å². The van der Waals surface area contributed by atoms with Crippen LogP contribution in [0.3, 0.4) is 0 Å². The molecule has 5 heteroatoms. The third kappa shape index (κ3) is 1.43. The lowest BCUT2D eigenvalue weighted by Gasteiger charge is -1.91. The molecular weight excluding hydrogens is 220 g/mol. The summed E-state index contributed by atoms with van der Waals surface area (Å²) in [7, 11) is 1.36. The smallest absolute Gasteiger partial charge is 0.348 e. The minimum Gasteiger partial charge on any atom is -0.465 e. The fraction of sp³-hybridized carbons (Fsp3) is 0.222. The van der Waals surface area contributed by atoms with Gasteiger partial charge in [0, 0.05) is 5.39 Å². The molecule has 0 aliphatic carbocycles. The summed E-state index contributed by atoms with van der Waals surface area (Å²) in [6.45, 7) is 0.0113. The van der Waals surface area contributed by atoms with Crippen LogP contribution in [0.4, 0.5) is 0 Å². The number of rotatable bonds is 2. The highest BCUT2D eigenvalue weighted by molar-refractivity contribution is 7.38. The molecule has 1 N–H and O–H groups in total. The topological polar surface area (TPSA) is 46.5 Å². The molecule has 0 atom stereocenters. The van der Waals surface area contributed by atoms with Gasteiger partial charge in [-0.1, -0.05) is 0 Å². The van der Waals surface area contributed by atoms with Crippen LogP contribution in [0.2, 0.25) is 0 Å². The van der Waals surface area contributed by atoms with Crippen LogP contribution in [-0.4, -0.2) is 18.2 Å². The maximum atomic E-state index is 11.2. The van der Waals surface area contributed by atoms with Crippen LogP contribution in [0, 0.1) is 0 Å². The van der Waals surface area contributed by atoms with Gasteiger partial charge in [-0.25, -0.2) is 4.79 Å². The zero-order valence-electron chi connectivity index (χ0n) is 7.44. The number of carbonyl (C=O) groups excluding carboxylic acids is 1. The van der Waals surface area contributed by atoms with Crippen molar-refractivity contribution in [2.45, 2.75) is 6.61 Å². The van der Waals surface area contributed by atoms with Gasteiger partial charge in [-0.2, -0.15) is 0 Å². The van der Waals surface area contributed by atoms with Crippen LogP contribution in [0.15, 0.2) is 11.4 Å². The van der Waals surface area contributed by atoms with E-state index in [-0.39, 0.29) is 12.6 Å². The first-order valence-electron chi connectivity index (χ1n) is 3.95. The van der Waals surface area contributed by atoms with Crippen molar-refractivity contribution >= 4 is 38.0 Å². The third-order valence-electron chi connectivity index (χ3n) is 1.91. The highest BCUT2D eigenvalue weighted by atomic mass is 32.2. The van der Waals surface area contributed by atoms with Crippen LogP contribution in [-0.2, 0) is 11.3 Å². The Morgan fingerprint density at radius 2 is 2.43 bits per heavy atom. The number of thiophene rings is 2. The van der Waals surface area contributed by atoms with E-state index in [2.05, 4.69) is 4.74 Å². The lowest BCUT2D eigenvalue weighted by molar-refractivity contribution is 0.0606. The van der Waals surface area contributed by atoms with E-state index in [0.29, 0.717) is 4.88 Å². The van der Waals surface area contributed by atoms with Gasteiger partial charge in [0.05, 0.1) is 17.7 Å². The van der Waals surface area contributed by atoms with Crippen LogP contribution < -0.4 is 0 Å². The number of aliphatic hydroxyl groups excluding tert-OH is 1. The van der Waals surface area contributed by atoms with E-state index < -0.39 is 0 Å². The van der Waals surface area contributed by atoms with Gasteiger partial charge in [0.15, 0.2) is 0 Å². The van der Waals surface area contributed by atoms with Crippen LogP contribution in [0.25, 0.3) is 9.40 Å². The average molecular weight is 228 g/mol. The molecule has 3 nitrogen and oxygen atoms in total. The molecule has 0 bridgehead atoms. The number of esters is 1. The second-order valence-electron chi connectivity index (χ2n) is 2.72. The zero-order chi connectivity index (χ0) is 10.1. The number of carbonyl (C=O) groups is 1. The fourth-order valence-corrected chi connectivity index (χ4v) is 3.41. The minimum atomic E-state index is -0.317. The Kier molecular flexibility index (Phi) is 2.54. The monoisotopic (exact) mass is 228 g/mol. The first-order valence-corrected chi connectivity index (χ1v) is 5.65. The molecule has 0 aliphatic heterocycles. The van der Waals surface area contributed by atoms with Gasteiger partial charge in [0.2, 0.25) is 0 Å². The molecule has 74 valence electrons. The maximum Gasteiger partial charge on any atom is 0.348 e. The van der Waals surface area contributed by atoms with Gasteiger partial charge in [0.1, 0.15) is 4.88 Å². The average Bonchev–Trinajstić information content (AvgIpc) is 2.74. The standard InChI is InChI=1S/C9H8O3S2/c1-12-8(11)7-2-6-5(3-10)4-13-9(6)14-7/h2,4,10H,3H2,1H3. The molecule has 0 saturated heterocycles. The predicted molar refractivity (Wildman–Crippen MR) is 57.0 cm³/mol. The zero-order valence-corrected chi connectivity index (χ0v) is 9.08. The molecule has 0 aromatic carbocycles. The van der Waals surface area contributed by atoms with Crippen molar-refractivity contribution in [3.8, 4) is 0 Å². The minimum absolute atomic E-state index is 0.0113. The van der Waals surface area contributed by atoms with Crippen LogP contribution in [0.5, 0.6) is 0 Å². The normalized spacial score (nSPS) is 10.7. The number of hydrogen-bond acceptors (Lipinski definition) is 5. The third-order valence-corrected chi connectivity index (χ3v) is 4.19. The summed E-state index contributed by atoms with van der Waals surface area (Å²) in [6.07, 6.45) is 0. The van der Waals surface area contributed by atoms with E-state index in [0.717, 1.165) is 15.0 Å². The molecule has 2 rings (SSSR count). The van der Waals surface area contributed by atoms with Gasteiger partial charge >= 0.3 is 5.97 Å². The van der Waals surface area contributed by atoms with Crippen molar-refractivity contribution in [2.24, 2.45) is 0 Å². The molecule has 0 saturated carbocycles. The van der Waals surface area contributed by atoms with Crippen molar-refractivity contribution in [2.75, 3.05) is 7.11 Å². The van der Waals surface area contributed by atoms with E-state index >= 15 is 0 Å². The molecule has 0 aliphatic rings. The number of ether oxygens (including phenoxy) is 1. The van der Waals surface area contributed by atoms with Gasteiger partial charge in [-0.3, -0.25) is 0 Å². The van der Waals surface area contributed by atoms with E-state index in [4.69, 9.17) is 5.11 Å². The van der Waals surface area contributed by atoms with Crippen molar-refractivity contribution in [3.63, 3.8) is 0 Å². The molecule has 2 aromatic heterocycles. The number of aliphatic hydroxyl groups is 1. The molecule has 0 radical (unpaired) electrons. The van der Waals surface area contributed by atoms with Gasteiger partial charge in [0.25, 0.3) is 0 Å². The Labute approximate surface area is 88.6 Å². The Morgan fingerprint density at radius 3 is 3.07 bits per heavy atom. The quantitative estimate of drug-likeness (QED) is 0.802. The van der Waals surface area contributed by atoms with Crippen molar-refractivity contribution in [1.29, 1.82) is 0 Å². The van der Waals surface area contributed by atoms with Crippen LogP contribution in [0.1, 0.15) is 15.2 Å². The van der Waals surface area contributed by atoms with E-state index in [1.165, 1.54) is 29.8 Å². The Bertz CT molecular complexity index is 469. The summed E-state index contributed by atoms with van der Waals surface area (Å²) < 4.78 is 5.67. The predicted octanol–water partition coefficient (Wildman–Crippen LogP) is 2.24. The summed E-state index contributed by atoms with van der Waals surface area (Å²) in [4.78, 5) is 11.8. The second kappa shape index (κ2) is 3.68. The van der Waals surface area contributed by atoms with Gasteiger partial charge in [-0.15, -0.1) is 22.7 Å². The molecule has 0 unspecified atom stereocenters. The SMILES string of the molecule is COC(=O)c1cc2c(CO)csc2s1.